The number of anilines is 3. The molecule has 3 aliphatic rings. The van der Waals surface area contributed by atoms with Gasteiger partial charge in [0.25, 0.3) is 0 Å². The Kier molecular flexibility index (Phi) is 7.32. The lowest BCUT2D eigenvalue weighted by molar-refractivity contribution is 0.660. The van der Waals surface area contributed by atoms with E-state index in [2.05, 4.69) is 231 Å². The second-order valence-electron chi connectivity index (χ2n) is 18.3. The average Bonchev–Trinajstić information content (AvgIpc) is 4.05. The van der Waals surface area contributed by atoms with Gasteiger partial charge >= 0.3 is 0 Å². The van der Waals surface area contributed by atoms with Crippen molar-refractivity contribution in [1.82, 2.24) is 0 Å². The highest BCUT2D eigenvalue weighted by molar-refractivity contribution is 7.27. The summed E-state index contributed by atoms with van der Waals surface area (Å²) < 4.78 is 2.60. The maximum atomic E-state index is 2.63. The Morgan fingerprint density at radius 2 is 0.922 bits per heavy atom. The van der Waals surface area contributed by atoms with Crippen LogP contribution in [0.2, 0.25) is 0 Å². The van der Waals surface area contributed by atoms with Gasteiger partial charge in [0, 0.05) is 32.1 Å². The third kappa shape index (κ3) is 4.58. The fourth-order valence-electron chi connectivity index (χ4n) is 12.2. The minimum Gasteiger partial charge on any atom is -0.308 e. The largest absolute Gasteiger partial charge is 0.308 e. The van der Waals surface area contributed by atoms with E-state index >= 15 is 0 Å². The van der Waals surface area contributed by atoms with Crippen LogP contribution in [0.3, 0.4) is 0 Å². The summed E-state index contributed by atoms with van der Waals surface area (Å²) in [6, 6.07) is 80.1. The van der Waals surface area contributed by atoms with Gasteiger partial charge in [0.1, 0.15) is 0 Å². The van der Waals surface area contributed by atoms with E-state index in [9.17, 15) is 0 Å². The first-order valence-corrected chi connectivity index (χ1v) is 23.2. The van der Waals surface area contributed by atoms with E-state index in [-0.39, 0.29) is 5.41 Å². The molecule has 0 unspecified atom stereocenters. The van der Waals surface area contributed by atoms with Crippen molar-refractivity contribution in [3.8, 4) is 44.5 Å². The fourth-order valence-corrected chi connectivity index (χ4v) is 13.5. The highest BCUT2D eigenvalue weighted by Crippen LogP contribution is 2.65. The van der Waals surface area contributed by atoms with Crippen LogP contribution in [0.15, 0.2) is 212 Å². The first-order valence-electron chi connectivity index (χ1n) is 22.4. The zero-order valence-electron chi connectivity index (χ0n) is 35.6. The van der Waals surface area contributed by atoms with Crippen LogP contribution >= 0.6 is 11.3 Å². The molecule has 300 valence electrons. The fraction of sp³-hybridized carbons (Fsp3) is 0.0645. The van der Waals surface area contributed by atoms with Gasteiger partial charge in [-0.25, -0.2) is 0 Å². The summed E-state index contributed by atoms with van der Waals surface area (Å²) in [6.07, 6.45) is 0. The summed E-state index contributed by atoms with van der Waals surface area (Å²) in [7, 11) is 0. The maximum absolute atomic E-state index is 2.63. The topological polar surface area (TPSA) is 3.24 Å². The SMILES string of the molecule is CC1(C)c2ccccc2-c2ccc(N(c3cccc4c3-c3ccccc3C43c4ccccc4-c4ccccc43)c3cc4ccccc4c4c3sc3c(-c5ccccc5)cccc34)cc21. The van der Waals surface area contributed by atoms with Gasteiger partial charge in [0.2, 0.25) is 0 Å². The molecule has 0 saturated carbocycles. The molecule has 0 amide bonds. The Hall–Kier alpha value is -7.52. The van der Waals surface area contributed by atoms with Crippen molar-refractivity contribution in [2.24, 2.45) is 0 Å². The van der Waals surface area contributed by atoms with E-state index in [0.717, 1.165) is 5.69 Å². The minimum absolute atomic E-state index is 0.166. The molecule has 0 bridgehead atoms. The minimum atomic E-state index is -0.455. The predicted molar refractivity (Wildman–Crippen MR) is 271 cm³/mol. The monoisotopic (exact) mass is 831 g/mol. The second-order valence-corrected chi connectivity index (χ2v) is 19.3. The molecule has 0 aliphatic heterocycles. The average molecular weight is 832 g/mol. The quantitative estimate of drug-likeness (QED) is 0.171. The van der Waals surface area contributed by atoms with E-state index in [1.165, 1.54) is 120 Å². The number of hydrogen-bond donors (Lipinski definition) is 0. The van der Waals surface area contributed by atoms with Crippen LogP contribution in [0.5, 0.6) is 0 Å². The third-order valence-corrected chi connectivity index (χ3v) is 16.1. The molecule has 0 fully saturated rings. The van der Waals surface area contributed by atoms with Crippen molar-refractivity contribution in [2.45, 2.75) is 24.7 Å². The van der Waals surface area contributed by atoms with Gasteiger partial charge in [0.05, 0.1) is 21.5 Å². The van der Waals surface area contributed by atoms with E-state index in [0.29, 0.717) is 0 Å². The van der Waals surface area contributed by atoms with Crippen LogP contribution < -0.4 is 4.90 Å². The predicted octanol–water partition coefficient (Wildman–Crippen LogP) is 17.0. The first kappa shape index (κ1) is 36.0. The number of thiophene rings is 1. The van der Waals surface area contributed by atoms with E-state index in [1.807, 2.05) is 11.3 Å². The van der Waals surface area contributed by atoms with Gasteiger partial charge in [-0.15, -0.1) is 11.3 Å². The molecule has 64 heavy (non-hydrogen) atoms. The highest BCUT2D eigenvalue weighted by atomic mass is 32.1. The third-order valence-electron chi connectivity index (χ3n) is 14.9. The molecule has 10 aromatic carbocycles. The number of benzene rings is 10. The van der Waals surface area contributed by atoms with Gasteiger partial charge in [-0.3, -0.25) is 0 Å². The molecule has 3 aliphatic carbocycles. The van der Waals surface area contributed by atoms with Crippen molar-refractivity contribution in [3.05, 3.63) is 246 Å². The Morgan fingerprint density at radius 3 is 1.67 bits per heavy atom. The molecule has 1 heterocycles. The standard InChI is InChI=1S/C62H41NS/c1-61(2)49-28-12-8-22-43(49)46-35-34-40(37-54(46)61)63(56-36-39-20-6-7-21-41(39)57-48-27-16-26-42(59(48)64-60(56)57)38-18-4-3-5-19-38)55-33-17-32-53-58(55)47-25-11-15-31-52(47)62(53)50-29-13-9-23-44(50)45-24-10-14-30-51(45)62/h3-37H,1-2H3. The summed E-state index contributed by atoms with van der Waals surface area (Å²) >= 11 is 1.93. The molecule has 0 radical (unpaired) electrons. The zero-order chi connectivity index (χ0) is 42.3. The van der Waals surface area contributed by atoms with E-state index in [4.69, 9.17) is 0 Å². The van der Waals surface area contributed by atoms with Crippen molar-refractivity contribution in [2.75, 3.05) is 4.90 Å². The van der Waals surface area contributed by atoms with Gasteiger partial charge in [-0.2, -0.15) is 0 Å². The van der Waals surface area contributed by atoms with Crippen molar-refractivity contribution >= 4 is 59.3 Å². The molecule has 1 spiro atoms. The van der Waals surface area contributed by atoms with Gasteiger partial charge in [0.15, 0.2) is 0 Å². The molecule has 11 aromatic rings. The van der Waals surface area contributed by atoms with Gasteiger partial charge < -0.3 is 4.90 Å². The molecular formula is C62H41NS. The number of rotatable bonds is 4. The molecule has 1 nitrogen and oxygen atoms in total. The molecule has 0 atom stereocenters. The maximum Gasteiger partial charge on any atom is 0.0726 e. The second kappa shape index (κ2) is 13.0. The molecular weight excluding hydrogens is 791 g/mol. The van der Waals surface area contributed by atoms with E-state index < -0.39 is 5.41 Å². The number of hydrogen-bond acceptors (Lipinski definition) is 2. The van der Waals surface area contributed by atoms with Crippen molar-refractivity contribution in [1.29, 1.82) is 0 Å². The first-order chi connectivity index (χ1) is 31.5. The Balaban J connectivity index is 1.12. The van der Waals surface area contributed by atoms with Crippen LogP contribution in [0.1, 0.15) is 47.2 Å². The summed E-state index contributed by atoms with van der Waals surface area (Å²) in [5.41, 5.74) is 21.5. The summed E-state index contributed by atoms with van der Waals surface area (Å²) in [6.45, 7) is 4.79. The Morgan fingerprint density at radius 1 is 0.375 bits per heavy atom. The lowest BCUT2D eigenvalue weighted by Crippen LogP contribution is -2.26. The normalized spacial score (nSPS) is 14.3. The van der Waals surface area contributed by atoms with Crippen LogP contribution in [-0.4, -0.2) is 0 Å². The summed E-state index contributed by atoms with van der Waals surface area (Å²) in [5.74, 6) is 0. The number of nitrogens with zero attached hydrogens (tertiary/aromatic N) is 1. The van der Waals surface area contributed by atoms with Crippen LogP contribution in [-0.2, 0) is 10.8 Å². The Bertz CT molecular complexity index is 3730. The van der Waals surface area contributed by atoms with E-state index in [1.54, 1.807) is 0 Å². The lowest BCUT2D eigenvalue weighted by Gasteiger charge is -2.32. The smallest absolute Gasteiger partial charge is 0.0726 e. The summed E-state index contributed by atoms with van der Waals surface area (Å²) in [5, 5.41) is 5.13. The Labute approximate surface area is 377 Å². The number of fused-ring (bicyclic) bond motifs is 18. The van der Waals surface area contributed by atoms with Crippen LogP contribution in [0, 0.1) is 0 Å². The molecule has 0 N–H and O–H groups in total. The molecule has 2 heteroatoms. The van der Waals surface area contributed by atoms with Crippen LogP contribution in [0.25, 0.3) is 75.5 Å². The highest BCUT2D eigenvalue weighted by Gasteiger charge is 2.52. The van der Waals surface area contributed by atoms with Gasteiger partial charge in [-0.05, 0) is 107 Å². The zero-order valence-corrected chi connectivity index (χ0v) is 36.4. The lowest BCUT2D eigenvalue weighted by atomic mass is 9.70. The molecule has 0 saturated heterocycles. The molecule has 1 aromatic heterocycles. The van der Waals surface area contributed by atoms with Crippen molar-refractivity contribution in [3.63, 3.8) is 0 Å². The van der Waals surface area contributed by atoms with Crippen molar-refractivity contribution < 1.29 is 0 Å². The molecule has 14 rings (SSSR count). The summed E-state index contributed by atoms with van der Waals surface area (Å²) in [4.78, 5) is 2.63. The van der Waals surface area contributed by atoms with Crippen LogP contribution in [0.4, 0.5) is 17.1 Å². The van der Waals surface area contributed by atoms with Gasteiger partial charge in [-0.1, -0.05) is 202 Å².